The Kier molecular flexibility index (Phi) is 4.47. The van der Waals surface area contributed by atoms with E-state index in [1.165, 1.54) is 29.8 Å². The molecular formula is C18H21ClN2. The number of anilines is 2. The zero-order chi connectivity index (χ0) is 14.7. The summed E-state index contributed by atoms with van der Waals surface area (Å²) >= 11 is 6.41. The minimum atomic E-state index is 0.631. The predicted molar refractivity (Wildman–Crippen MR) is 90.6 cm³/mol. The number of hydrogen-bond acceptors (Lipinski definition) is 2. The Labute approximate surface area is 131 Å². The monoisotopic (exact) mass is 300 g/mol. The van der Waals surface area contributed by atoms with Crippen molar-refractivity contribution >= 4 is 23.0 Å². The van der Waals surface area contributed by atoms with Crippen LogP contribution in [0.5, 0.6) is 0 Å². The lowest BCUT2D eigenvalue weighted by molar-refractivity contribution is 0.761. The summed E-state index contributed by atoms with van der Waals surface area (Å²) in [6.07, 6.45) is 4.44. The molecule has 2 aromatic carbocycles. The van der Waals surface area contributed by atoms with Crippen molar-refractivity contribution in [3.05, 3.63) is 58.6 Å². The summed E-state index contributed by atoms with van der Waals surface area (Å²) in [6.45, 7) is 1.68. The maximum Gasteiger partial charge on any atom is 0.0459 e. The Morgan fingerprint density at radius 3 is 2.76 bits per heavy atom. The largest absolute Gasteiger partial charge is 0.341 e. The Morgan fingerprint density at radius 1 is 1.10 bits per heavy atom. The second kappa shape index (κ2) is 6.50. The highest BCUT2D eigenvalue weighted by Crippen LogP contribution is 2.34. The first-order valence-corrected chi connectivity index (χ1v) is 8.01. The molecule has 21 heavy (non-hydrogen) atoms. The van der Waals surface area contributed by atoms with Crippen molar-refractivity contribution < 1.29 is 0 Å². The fourth-order valence-corrected chi connectivity index (χ4v) is 3.29. The third-order valence-corrected chi connectivity index (χ3v) is 4.47. The van der Waals surface area contributed by atoms with E-state index < -0.39 is 0 Å². The van der Waals surface area contributed by atoms with Gasteiger partial charge in [-0.25, -0.2) is 0 Å². The minimum absolute atomic E-state index is 0.631. The summed E-state index contributed by atoms with van der Waals surface area (Å²) < 4.78 is 0. The summed E-state index contributed by atoms with van der Waals surface area (Å²) in [5.74, 6) is 0. The molecular weight excluding hydrogens is 280 g/mol. The van der Waals surface area contributed by atoms with Gasteiger partial charge in [0, 0.05) is 22.9 Å². The van der Waals surface area contributed by atoms with Crippen molar-refractivity contribution in [2.45, 2.75) is 25.7 Å². The average Bonchev–Trinajstić information content (AvgIpc) is 2.72. The lowest BCUT2D eigenvalue weighted by atomic mass is 10.1. The summed E-state index contributed by atoms with van der Waals surface area (Å²) in [7, 11) is 0. The molecule has 0 fully saturated rings. The van der Waals surface area contributed by atoms with Crippen LogP contribution >= 0.6 is 11.6 Å². The maximum atomic E-state index is 6.41. The summed E-state index contributed by atoms with van der Waals surface area (Å²) in [5.41, 5.74) is 10.7. The van der Waals surface area contributed by atoms with E-state index in [4.69, 9.17) is 17.3 Å². The summed E-state index contributed by atoms with van der Waals surface area (Å²) in [5, 5.41) is 0.819. The molecule has 0 spiro atoms. The molecule has 0 radical (unpaired) electrons. The van der Waals surface area contributed by atoms with Gasteiger partial charge < -0.3 is 10.6 Å². The van der Waals surface area contributed by atoms with Crippen molar-refractivity contribution in [1.82, 2.24) is 0 Å². The van der Waals surface area contributed by atoms with Gasteiger partial charge in [0.05, 0.1) is 0 Å². The summed E-state index contributed by atoms with van der Waals surface area (Å²) in [4.78, 5) is 2.39. The molecule has 3 rings (SSSR count). The van der Waals surface area contributed by atoms with E-state index in [0.29, 0.717) is 6.54 Å². The SMILES string of the molecule is NCCc1ccc(N2CCCCc3ccccc32)cc1Cl. The number of rotatable bonds is 3. The number of nitrogens with zero attached hydrogens (tertiary/aromatic N) is 1. The van der Waals surface area contributed by atoms with Crippen molar-refractivity contribution in [3.63, 3.8) is 0 Å². The highest BCUT2D eigenvalue weighted by molar-refractivity contribution is 6.31. The van der Waals surface area contributed by atoms with Crippen LogP contribution in [0.4, 0.5) is 11.4 Å². The Morgan fingerprint density at radius 2 is 1.95 bits per heavy atom. The first-order valence-electron chi connectivity index (χ1n) is 7.63. The standard InChI is InChI=1S/C18H21ClN2/c19-17-13-16(9-8-14(17)10-11-20)21-12-4-3-6-15-5-1-2-7-18(15)21/h1-2,5,7-9,13H,3-4,6,10-12,20H2. The van der Waals surface area contributed by atoms with Gasteiger partial charge in [-0.15, -0.1) is 0 Å². The van der Waals surface area contributed by atoms with Crippen molar-refractivity contribution in [3.8, 4) is 0 Å². The van der Waals surface area contributed by atoms with E-state index in [-0.39, 0.29) is 0 Å². The van der Waals surface area contributed by atoms with Gasteiger partial charge in [-0.2, -0.15) is 0 Å². The quantitative estimate of drug-likeness (QED) is 0.915. The molecule has 0 amide bonds. The number of hydrogen-bond donors (Lipinski definition) is 1. The molecule has 0 aromatic heterocycles. The van der Waals surface area contributed by atoms with Crippen molar-refractivity contribution in [2.75, 3.05) is 18.0 Å². The normalized spacial score (nSPS) is 14.7. The minimum Gasteiger partial charge on any atom is -0.341 e. The lowest BCUT2D eigenvalue weighted by Gasteiger charge is -2.25. The average molecular weight is 301 g/mol. The number of halogens is 1. The van der Waals surface area contributed by atoms with E-state index in [9.17, 15) is 0 Å². The molecule has 0 aliphatic carbocycles. The molecule has 3 heteroatoms. The fraction of sp³-hybridized carbons (Fsp3) is 0.333. The number of para-hydroxylation sites is 1. The number of fused-ring (bicyclic) bond motifs is 1. The first-order chi connectivity index (χ1) is 10.3. The van der Waals surface area contributed by atoms with Crippen LogP contribution in [0.1, 0.15) is 24.0 Å². The van der Waals surface area contributed by atoms with Crippen molar-refractivity contribution in [1.29, 1.82) is 0 Å². The van der Waals surface area contributed by atoms with Crippen LogP contribution in [-0.2, 0) is 12.8 Å². The topological polar surface area (TPSA) is 29.3 Å². The molecule has 0 saturated carbocycles. The number of aryl methyl sites for hydroxylation is 1. The van der Waals surface area contributed by atoms with Crippen LogP contribution in [-0.4, -0.2) is 13.1 Å². The van der Waals surface area contributed by atoms with Gasteiger partial charge in [0.25, 0.3) is 0 Å². The molecule has 1 aliphatic rings. The van der Waals surface area contributed by atoms with Gasteiger partial charge in [0.2, 0.25) is 0 Å². The smallest absolute Gasteiger partial charge is 0.0459 e. The van der Waals surface area contributed by atoms with Gasteiger partial charge in [0.15, 0.2) is 0 Å². The molecule has 0 saturated heterocycles. The molecule has 2 nitrogen and oxygen atoms in total. The van der Waals surface area contributed by atoms with Crippen LogP contribution in [0.3, 0.4) is 0 Å². The van der Waals surface area contributed by atoms with Crippen LogP contribution in [0.15, 0.2) is 42.5 Å². The number of benzene rings is 2. The van der Waals surface area contributed by atoms with E-state index >= 15 is 0 Å². The van der Waals surface area contributed by atoms with Crippen LogP contribution in [0.2, 0.25) is 5.02 Å². The lowest BCUT2D eigenvalue weighted by Crippen LogP contribution is -2.18. The van der Waals surface area contributed by atoms with Gasteiger partial charge in [-0.1, -0.05) is 35.9 Å². The van der Waals surface area contributed by atoms with Gasteiger partial charge in [0.1, 0.15) is 0 Å². The molecule has 1 aliphatic heterocycles. The molecule has 2 aromatic rings. The fourth-order valence-electron chi connectivity index (χ4n) is 3.02. The first kappa shape index (κ1) is 14.4. The molecule has 110 valence electrons. The van der Waals surface area contributed by atoms with Gasteiger partial charge in [-0.05, 0) is 61.6 Å². The molecule has 0 bridgehead atoms. The highest BCUT2D eigenvalue weighted by atomic mass is 35.5. The molecule has 1 heterocycles. The molecule has 2 N–H and O–H groups in total. The van der Waals surface area contributed by atoms with Crippen LogP contribution in [0, 0.1) is 0 Å². The Bertz CT molecular complexity index is 624. The zero-order valence-electron chi connectivity index (χ0n) is 12.2. The third kappa shape index (κ3) is 3.07. The van der Waals surface area contributed by atoms with Crippen LogP contribution < -0.4 is 10.6 Å². The molecule has 0 atom stereocenters. The second-order valence-corrected chi connectivity index (χ2v) is 5.96. The predicted octanol–water partition coefficient (Wildman–Crippen LogP) is 4.32. The van der Waals surface area contributed by atoms with E-state index in [1.54, 1.807) is 0 Å². The maximum absolute atomic E-state index is 6.41. The third-order valence-electron chi connectivity index (χ3n) is 4.12. The Balaban J connectivity index is 1.98. The number of nitrogens with two attached hydrogens (primary N) is 1. The highest BCUT2D eigenvalue weighted by Gasteiger charge is 2.17. The van der Waals surface area contributed by atoms with E-state index in [0.717, 1.165) is 30.0 Å². The van der Waals surface area contributed by atoms with Crippen LogP contribution in [0.25, 0.3) is 0 Å². The van der Waals surface area contributed by atoms with Gasteiger partial charge >= 0.3 is 0 Å². The Hall–Kier alpha value is -1.51. The zero-order valence-corrected chi connectivity index (χ0v) is 12.9. The molecule has 0 unspecified atom stereocenters. The van der Waals surface area contributed by atoms with Crippen molar-refractivity contribution in [2.24, 2.45) is 5.73 Å². The second-order valence-electron chi connectivity index (χ2n) is 5.55. The summed E-state index contributed by atoms with van der Waals surface area (Å²) in [6, 6.07) is 15.0. The van der Waals surface area contributed by atoms with E-state index in [1.807, 2.05) is 0 Å². The van der Waals surface area contributed by atoms with E-state index in [2.05, 4.69) is 47.4 Å². The van der Waals surface area contributed by atoms with Gasteiger partial charge in [-0.3, -0.25) is 0 Å².